The molecule has 2 nitrogen and oxygen atoms in total. The topological polar surface area (TPSA) is 35.2 Å². The van der Waals surface area contributed by atoms with Gasteiger partial charge in [-0.1, -0.05) is 41.1 Å². The summed E-state index contributed by atoms with van der Waals surface area (Å²) < 4.78 is 6.42. The van der Waals surface area contributed by atoms with E-state index in [1.165, 1.54) is 10.5 Å². The lowest BCUT2D eigenvalue weighted by molar-refractivity contribution is 0.414. The highest BCUT2D eigenvalue weighted by molar-refractivity contribution is 9.10. The molecule has 0 saturated carbocycles. The van der Waals surface area contributed by atoms with E-state index in [1.54, 1.807) is 18.9 Å². The highest BCUT2D eigenvalue weighted by Gasteiger charge is 2.20. The van der Waals surface area contributed by atoms with Gasteiger partial charge in [0, 0.05) is 20.7 Å². The van der Waals surface area contributed by atoms with Crippen LogP contribution < -0.4 is 10.5 Å². The van der Waals surface area contributed by atoms with Crippen LogP contribution in [0.3, 0.4) is 0 Å². The Morgan fingerprint density at radius 1 is 1.19 bits per heavy atom. The van der Waals surface area contributed by atoms with Gasteiger partial charge < -0.3 is 10.5 Å². The van der Waals surface area contributed by atoms with E-state index in [0.29, 0.717) is 0 Å². The second-order valence-electron chi connectivity index (χ2n) is 4.84. The second kappa shape index (κ2) is 7.87. The summed E-state index contributed by atoms with van der Waals surface area (Å²) in [6, 6.07) is 16.6. The first-order chi connectivity index (χ1) is 10.1. The first-order valence-corrected chi connectivity index (χ1v) is 8.63. The summed E-state index contributed by atoms with van der Waals surface area (Å²) in [5.74, 6) is 0.871. The fraction of sp³-hybridized carbons (Fsp3) is 0.294. The molecule has 2 N–H and O–H groups in total. The van der Waals surface area contributed by atoms with Crippen molar-refractivity contribution in [3.05, 3.63) is 58.6 Å². The molecule has 0 aromatic heterocycles. The molecule has 0 bridgehead atoms. The van der Waals surface area contributed by atoms with Crippen molar-refractivity contribution in [3.63, 3.8) is 0 Å². The third kappa shape index (κ3) is 4.50. The minimum Gasteiger partial charge on any atom is -0.497 e. The van der Waals surface area contributed by atoms with Gasteiger partial charge in [0.2, 0.25) is 0 Å². The lowest BCUT2D eigenvalue weighted by Gasteiger charge is -2.23. The van der Waals surface area contributed by atoms with Crippen molar-refractivity contribution in [2.45, 2.75) is 29.5 Å². The zero-order valence-corrected chi connectivity index (χ0v) is 14.7. The van der Waals surface area contributed by atoms with Gasteiger partial charge in [-0.2, -0.15) is 0 Å². The molecule has 2 aromatic carbocycles. The molecule has 0 aliphatic rings. The predicted octanol–water partition coefficient (Wildman–Crippen LogP) is 5.03. The summed E-state index contributed by atoms with van der Waals surface area (Å²) in [5.41, 5.74) is 7.56. The lowest BCUT2D eigenvalue weighted by Crippen LogP contribution is -2.25. The molecular formula is C17H20BrNOS. The Labute approximate surface area is 139 Å². The molecule has 112 valence electrons. The quantitative estimate of drug-likeness (QED) is 0.729. The van der Waals surface area contributed by atoms with Crippen LogP contribution in [0.1, 0.15) is 24.2 Å². The molecule has 2 atom stereocenters. The average molecular weight is 366 g/mol. The number of ether oxygens (including phenoxy) is 1. The van der Waals surface area contributed by atoms with E-state index >= 15 is 0 Å². The van der Waals surface area contributed by atoms with Crippen LogP contribution in [0.5, 0.6) is 5.75 Å². The molecule has 0 fully saturated rings. The summed E-state index contributed by atoms with van der Waals surface area (Å²) >= 11 is 5.32. The number of thioether (sulfide) groups is 1. The molecule has 2 aromatic rings. The molecule has 0 saturated heterocycles. The molecule has 0 radical (unpaired) electrons. The van der Waals surface area contributed by atoms with Crippen LogP contribution in [0, 0.1) is 0 Å². The van der Waals surface area contributed by atoms with Crippen molar-refractivity contribution in [2.24, 2.45) is 5.73 Å². The van der Waals surface area contributed by atoms with Crippen molar-refractivity contribution < 1.29 is 4.74 Å². The van der Waals surface area contributed by atoms with Gasteiger partial charge in [0.1, 0.15) is 5.75 Å². The van der Waals surface area contributed by atoms with Crippen molar-refractivity contribution in [1.82, 2.24) is 0 Å². The zero-order chi connectivity index (χ0) is 15.2. The first kappa shape index (κ1) is 16.4. The molecule has 2 rings (SSSR count). The molecule has 4 heteroatoms. The number of halogens is 1. The van der Waals surface area contributed by atoms with Crippen molar-refractivity contribution >= 4 is 27.7 Å². The van der Waals surface area contributed by atoms with Crippen LogP contribution >= 0.6 is 27.7 Å². The summed E-state index contributed by atoms with van der Waals surface area (Å²) in [5, 5.41) is 0.208. The van der Waals surface area contributed by atoms with Crippen LogP contribution in [0.2, 0.25) is 0 Å². The highest BCUT2D eigenvalue weighted by atomic mass is 79.9. The fourth-order valence-corrected chi connectivity index (χ4v) is 3.97. The minimum atomic E-state index is 0.0982. The Morgan fingerprint density at radius 2 is 1.95 bits per heavy atom. The number of methoxy groups -OCH3 is 1. The largest absolute Gasteiger partial charge is 0.497 e. The van der Waals surface area contributed by atoms with E-state index in [2.05, 4.69) is 47.1 Å². The minimum absolute atomic E-state index is 0.0982. The van der Waals surface area contributed by atoms with Crippen LogP contribution in [0.15, 0.2) is 57.9 Å². The van der Waals surface area contributed by atoms with Crippen LogP contribution in [0.25, 0.3) is 0 Å². The average Bonchev–Trinajstić information content (AvgIpc) is 2.52. The highest BCUT2D eigenvalue weighted by Crippen LogP contribution is 2.39. The molecule has 0 aliphatic carbocycles. The Hall–Kier alpha value is -0.970. The molecule has 0 aliphatic heterocycles. The normalized spacial score (nSPS) is 13.7. The third-order valence-corrected chi connectivity index (χ3v) is 5.24. The van der Waals surface area contributed by atoms with Gasteiger partial charge in [-0.25, -0.2) is 0 Å². The van der Waals surface area contributed by atoms with Crippen molar-refractivity contribution in [2.75, 3.05) is 7.11 Å². The standard InChI is InChI=1S/C17H20BrNOS/c1-3-16(19)17(12-6-4-8-14(10-12)20-2)21-15-9-5-7-13(18)11-15/h4-11,16-17H,3,19H2,1-2H3. The maximum absolute atomic E-state index is 6.35. The van der Waals surface area contributed by atoms with E-state index in [1.807, 2.05) is 24.3 Å². The van der Waals surface area contributed by atoms with Gasteiger partial charge in [0.05, 0.1) is 7.11 Å². The maximum Gasteiger partial charge on any atom is 0.119 e. The van der Waals surface area contributed by atoms with Gasteiger partial charge in [0.15, 0.2) is 0 Å². The van der Waals surface area contributed by atoms with Crippen LogP contribution in [-0.4, -0.2) is 13.2 Å². The van der Waals surface area contributed by atoms with Crippen LogP contribution in [0.4, 0.5) is 0 Å². The van der Waals surface area contributed by atoms with E-state index in [0.717, 1.165) is 16.6 Å². The van der Waals surface area contributed by atoms with E-state index < -0.39 is 0 Å². The summed E-state index contributed by atoms with van der Waals surface area (Å²) in [6.07, 6.45) is 0.933. The Bertz CT molecular complexity index is 591. The molecule has 2 unspecified atom stereocenters. The first-order valence-electron chi connectivity index (χ1n) is 6.95. The maximum atomic E-state index is 6.35. The van der Waals surface area contributed by atoms with Gasteiger partial charge in [-0.3, -0.25) is 0 Å². The molecular weight excluding hydrogens is 346 g/mol. The number of benzene rings is 2. The zero-order valence-electron chi connectivity index (χ0n) is 12.3. The number of nitrogens with two attached hydrogens (primary N) is 1. The summed E-state index contributed by atoms with van der Waals surface area (Å²) in [4.78, 5) is 1.21. The van der Waals surface area contributed by atoms with E-state index in [-0.39, 0.29) is 11.3 Å². The SMILES string of the molecule is CCC(N)C(Sc1cccc(Br)c1)c1cccc(OC)c1. The van der Waals surface area contributed by atoms with Gasteiger partial charge >= 0.3 is 0 Å². The predicted molar refractivity (Wildman–Crippen MR) is 94.0 cm³/mol. The van der Waals surface area contributed by atoms with Gasteiger partial charge in [-0.15, -0.1) is 11.8 Å². The Kier molecular flexibility index (Phi) is 6.15. The number of hydrogen-bond acceptors (Lipinski definition) is 3. The second-order valence-corrected chi connectivity index (χ2v) is 6.98. The Morgan fingerprint density at radius 3 is 2.62 bits per heavy atom. The van der Waals surface area contributed by atoms with Crippen molar-refractivity contribution in [1.29, 1.82) is 0 Å². The summed E-state index contributed by atoms with van der Waals surface area (Å²) in [6.45, 7) is 2.12. The van der Waals surface area contributed by atoms with Crippen LogP contribution in [-0.2, 0) is 0 Å². The molecule has 0 heterocycles. The number of hydrogen-bond donors (Lipinski definition) is 1. The third-order valence-electron chi connectivity index (χ3n) is 3.34. The Balaban J connectivity index is 2.29. The number of rotatable bonds is 6. The van der Waals surface area contributed by atoms with Gasteiger partial charge in [-0.05, 0) is 42.3 Å². The molecule has 0 amide bonds. The fourth-order valence-electron chi connectivity index (χ4n) is 2.12. The monoisotopic (exact) mass is 365 g/mol. The van der Waals surface area contributed by atoms with E-state index in [9.17, 15) is 0 Å². The van der Waals surface area contributed by atoms with Gasteiger partial charge in [0.25, 0.3) is 0 Å². The summed E-state index contributed by atoms with van der Waals surface area (Å²) in [7, 11) is 1.69. The smallest absolute Gasteiger partial charge is 0.119 e. The lowest BCUT2D eigenvalue weighted by atomic mass is 10.0. The molecule has 0 spiro atoms. The van der Waals surface area contributed by atoms with Crippen molar-refractivity contribution in [3.8, 4) is 5.75 Å². The van der Waals surface area contributed by atoms with E-state index in [4.69, 9.17) is 10.5 Å². The molecule has 21 heavy (non-hydrogen) atoms.